The second kappa shape index (κ2) is 16.3. The maximum Gasteiger partial charge on any atom is 0.337 e. The van der Waals surface area contributed by atoms with Crippen molar-refractivity contribution in [1.29, 1.82) is 0 Å². The molecule has 6 aromatic rings. The van der Waals surface area contributed by atoms with E-state index in [1.165, 1.54) is 7.11 Å². The Morgan fingerprint density at radius 2 is 1.67 bits per heavy atom. The number of nitrogens with one attached hydrogen (secondary N) is 2. The molecule has 2 aromatic heterocycles. The highest BCUT2D eigenvalue weighted by Crippen LogP contribution is 2.43. The van der Waals surface area contributed by atoms with E-state index >= 15 is 0 Å². The van der Waals surface area contributed by atoms with Crippen LogP contribution >= 0.6 is 34.8 Å². The summed E-state index contributed by atoms with van der Waals surface area (Å²) in [5.41, 5.74) is 6.11. The van der Waals surface area contributed by atoms with Gasteiger partial charge in [-0.3, -0.25) is 9.59 Å². The first kappa shape index (κ1) is 38.6. The van der Waals surface area contributed by atoms with Crippen LogP contribution in [0.15, 0.2) is 91.3 Å². The molecule has 2 aliphatic heterocycles. The van der Waals surface area contributed by atoms with Crippen molar-refractivity contribution < 1.29 is 19.1 Å². The lowest BCUT2D eigenvalue weighted by atomic mass is 9.98. The molecule has 0 saturated carbocycles. The van der Waals surface area contributed by atoms with Crippen molar-refractivity contribution in [2.45, 2.75) is 51.1 Å². The molecule has 0 aliphatic carbocycles. The van der Waals surface area contributed by atoms with Gasteiger partial charge in [0.2, 0.25) is 5.91 Å². The average molecular weight is 824 g/mol. The van der Waals surface area contributed by atoms with Gasteiger partial charge in [0.25, 0.3) is 5.91 Å². The average Bonchev–Trinajstić information content (AvgIpc) is 3.82. The minimum Gasteiger partial charge on any atom is -0.465 e. The molecule has 0 spiro atoms. The van der Waals surface area contributed by atoms with Crippen molar-refractivity contribution in [3.05, 3.63) is 123 Å². The van der Waals surface area contributed by atoms with Gasteiger partial charge in [-0.2, -0.15) is 0 Å². The number of esters is 1. The van der Waals surface area contributed by atoms with Crippen molar-refractivity contribution in [2.75, 3.05) is 37.0 Å². The van der Waals surface area contributed by atoms with Gasteiger partial charge in [0, 0.05) is 69.2 Å². The summed E-state index contributed by atoms with van der Waals surface area (Å²) in [7, 11) is 1.33. The number of ether oxygens (including phenoxy) is 1. The molecule has 2 amide bonds. The number of hydrogen-bond acceptors (Lipinski definition) is 6. The summed E-state index contributed by atoms with van der Waals surface area (Å²) in [6.07, 6.45) is 5.94. The van der Waals surface area contributed by atoms with E-state index < -0.39 is 11.9 Å². The molecule has 1 atom stereocenters. The van der Waals surface area contributed by atoms with E-state index in [9.17, 15) is 14.4 Å². The van der Waals surface area contributed by atoms with E-state index in [0.717, 1.165) is 54.4 Å². The van der Waals surface area contributed by atoms with Crippen LogP contribution in [0, 0.1) is 0 Å². The molecule has 292 valence electrons. The van der Waals surface area contributed by atoms with E-state index in [4.69, 9.17) is 44.5 Å². The third-order valence-electron chi connectivity index (χ3n) is 11.2. The van der Waals surface area contributed by atoms with Crippen LogP contribution in [0.5, 0.6) is 0 Å². The first-order chi connectivity index (χ1) is 27.6. The number of imidazole rings is 1. The molecule has 0 radical (unpaired) electrons. The molecule has 2 saturated heterocycles. The van der Waals surface area contributed by atoms with Crippen LogP contribution in [-0.4, -0.2) is 70.0 Å². The number of piperidine rings is 2. The van der Waals surface area contributed by atoms with Gasteiger partial charge in [0.15, 0.2) is 0 Å². The predicted molar refractivity (Wildman–Crippen MR) is 227 cm³/mol. The van der Waals surface area contributed by atoms with Crippen LogP contribution in [0.3, 0.4) is 0 Å². The van der Waals surface area contributed by atoms with Gasteiger partial charge < -0.3 is 29.4 Å². The molecule has 57 heavy (non-hydrogen) atoms. The number of benzene rings is 4. The number of amides is 2. The Morgan fingerprint density at radius 1 is 0.912 bits per heavy atom. The van der Waals surface area contributed by atoms with Crippen molar-refractivity contribution in [3.8, 4) is 22.5 Å². The lowest BCUT2D eigenvalue weighted by Gasteiger charge is -2.41. The highest BCUT2D eigenvalue weighted by atomic mass is 35.5. The van der Waals surface area contributed by atoms with Crippen LogP contribution < -0.4 is 10.2 Å². The van der Waals surface area contributed by atoms with Crippen LogP contribution in [0.2, 0.25) is 15.1 Å². The number of likely N-dealkylation sites (tertiary alicyclic amines) is 1. The zero-order valence-corrected chi connectivity index (χ0v) is 33.8. The number of aromatic nitrogens is 3. The van der Waals surface area contributed by atoms with Crippen molar-refractivity contribution >= 4 is 74.9 Å². The number of nitrogens with zero attached hydrogens (tertiary/aromatic N) is 4. The van der Waals surface area contributed by atoms with E-state index in [0.29, 0.717) is 68.3 Å². The number of halogens is 3. The van der Waals surface area contributed by atoms with Gasteiger partial charge in [-0.05, 0) is 80.6 Å². The van der Waals surface area contributed by atoms with E-state index in [1.54, 1.807) is 42.7 Å². The van der Waals surface area contributed by atoms with Crippen LogP contribution in [0.4, 0.5) is 11.4 Å². The fraction of sp³-hybridized carbons (Fsp3) is 0.273. The molecule has 13 heteroatoms. The summed E-state index contributed by atoms with van der Waals surface area (Å²) in [4.78, 5) is 53.1. The van der Waals surface area contributed by atoms with Gasteiger partial charge in [-0.15, -0.1) is 0 Å². The third kappa shape index (κ3) is 7.61. The number of carbonyl (C=O) groups excluding carboxylic acids is 3. The number of H-pyrrole nitrogens is 1. The Morgan fingerprint density at radius 3 is 2.40 bits per heavy atom. The van der Waals surface area contributed by atoms with Crippen molar-refractivity contribution in [3.63, 3.8) is 0 Å². The van der Waals surface area contributed by atoms with E-state index in [1.807, 2.05) is 64.9 Å². The molecule has 10 nitrogen and oxygen atoms in total. The Bertz CT molecular complexity index is 2490. The van der Waals surface area contributed by atoms with Crippen molar-refractivity contribution in [1.82, 2.24) is 19.4 Å². The molecule has 2 fully saturated rings. The number of anilines is 2. The lowest BCUT2D eigenvalue weighted by molar-refractivity contribution is -0.136. The standard InChI is InChI=1S/C44H41Cl3N6O4/c1-26(32-14-12-29(45)23-34(32)47)53-25-48-40(27-8-4-3-5-9-27)42(53)39-33-15-13-30(46)24-35(33)49-41(39)43(55)50-36-22-28(44(56)57-2)11-16-37(36)51-20-17-31(18-21-51)52-19-7-6-10-38(52)54/h3-5,8-9,11-16,22-26,31,49H,6-7,10,17-21H2,1-2H3,(H,50,55). The van der Waals surface area contributed by atoms with Gasteiger partial charge in [-0.1, -0.05) is 77.3 Å². The second-order valence-corrected chi connectivity index (χ2v) is 15.8. The summed E-state index contributed by atoms with van der Waals surface area (Å²) in [5, 5.41) is 5.47. The number of methoxy groups -OCH3 is 1. The minimum atomic E-state index is -0.522. The Kier molecular flexibility index (Phi) is 11.0. The maximum absolute atomic E-state index is 14.9. The summed E-state index contributed by atoms with van der Waals surface area (Å²) >= 11 is 19.6. The number of aromatic amines is 1. The molecule has 8 rings (SSSR count). The predicted octanol–water partition coefficient (Wildman–Crippen LogP) is 10.3. The highest BCUT2D eigenvalue weighted by Gasteiger charge is 2.32. The molecule has 4 heterocycles. The SMILES string of the molecule is COC(=O)c1ccc(N2CCC(N3CCCCC3=O)CC2)c(NC(=O)c2[nH]c3cc(Cl)ccc3c2-c2c(-c3ccccc3)ncn2C(C)c2ccc(Cl)cc2Cl)c1. The number of fused-ring (bicyclic) bond motifs is 1. The van der Waals surface area contributed by atoms with E-state index in [2.05, 4.69) is 15.2 Å². The van der Waals surface area contributed by atoms with Crippen LogP contribution in [-0.2, 0) is 9.53 Å². The van der Waals surface area contributed by atoms with Crippen molar-refractivity contribution in [2.24, 2.45) is 0 Å². The first-order valence-corrected chi connectivity index (χ1v) is 20.2. The fourth-order valence-corrected chi connectivity index (χ4v) is 9.00. The molecule has 2 aliphatic rings. The lowest BCUT2D eigenvalue weighted by Crippen LogP contribution is -2.49. The number of carbonyl (C=O) groups is 3. The Labute approximate surface area is 345 Å². The van der Waals surface area contributed by atoms with Crippen LogP contribution in [0.25, 0.3) is 33.4 Å². The summed E-state index contributed by atoms with van der Waals surface area (Å²) in [5.74, 6) is -0.724. The normalized spacial score (nSPS) is 15.6. The molecule has 4 aromatic carbocycles. The largest absolute Gasteiger partial charge is 0.465 e. The highest BCUT2D eigenvalue weighted by molar-refractivity contribution is 6.35. The summed E-state index contributed by atoms with van der Waals surface area (Å²) < 4.78 is 7.09. The first-order valence-electron chi connectivity index (χ1n) is 19.1. The summed E-state index contributed by atoms with van der Waals surface area (Å²) in [6.45, 7) is 4.17. The van der Waals surface area contributed by atoms with E-state index in [-0.39, 0.29) is 23.7 Å². The zero-order chi connectivity index (χ0) is 39.8. The monoisotopic (exact) mass is 822 g/mol. The maximum atomic E-state index is 14.9. The topological polar surface area (TPSA) is 113 Å². The minimum absolute atomic E-state index is 0.177. The van der Waals surface area contributed by atoms with Gasteiger partial charge in [0.1, 0.15) is 5.69 Å². The summed E-state index contributed by atoms with van der Waals surface area (Å²) in [6, 6.07) is 25.8. The Hall–Kier alpha value is -5.29. The fourth-order valence-electron chi connectivity index (χ4n) is 8.26. The molecular formula is C44H41Cl3N6O4. The van der Waals surface area contributed by atoms with Gasteiger partial charge >= 0.3 is 5.97 Å². The van der Waals surface area contributed by atoms with Gasteiger partial charge in [0.05, 0.1) is 47.8 Å². The molecule has 1 unspecified atom stereocenters. The van der Waals surface area contributed by atoms with Gasteiger partial charge in [-0.25, -0.2) is 9.78 Å². The molecule has 0 bridgehead atoms. The quantitative estimate of drug-likeness (QED) is 0.140. The third-order valence-corrected chi connectivity index (χ3v) is 12.0. The number of rotatable bonds is 9. The Balaban J connectivity index is 1.23. The van der Waals surface area contributed by atoms with Crippen LogP contribution in [0.1, 0.15) is 71.5 Å². The molecular weight excluding hydrogens is 783 g/mol. The zero-order valence-electron chi connectivity index (χ0n) is 31.5. The smallest absolute Gasteiger partial charge is 0.337 e. The molecule has 2 N–H and O–H groups in total. The number of hydrogen-bond donors (Lipinski definition) is 2. The second-order valence-electron chi connectivity index (χ2n) is 14.6.